The number of halogens is 1. The Morgan fingerprint density at radius 1 is 1.04 bits per heavy atom. The topological polar surface area (TPSA) is 62.0 Å². The van der Waals surface area contributed by atoms with E-state index in [1.165, 1.54) is 0 Å². The Balaban J connectivity index is 1.95. The minimum atomic E-state index is -0.229. The fourth-order valence-electron chi connectivity index (χ4n) is 2.45. The monoisotopic (exact) mass is 326 g/mol. The zero-order valence-corrected chi connectivity index (χ0v) is 13.5. The lowest BCUT2D eigenvalue weighted by Crippen LogP contribution is -2.13. The highest BCUT2D eigenvalue weighted by Gasteiger charge is 2.09. The molecule has 0 aliphatic rings. The number of H-pyrrole nitrogens is 1. The zero-order chi connectivity index (χ0) is 16.6. The van der Waals surface area contributed by atoms with Crippen molar-refractivity contribution >= 4 is 34.1 Å². The molecule has 0 fully saturated rings. The van der Waals surface area contributed by atoms with Crippen LogP contribution < -0.4 is 10.9 Å². The van der Waals surface area contributed by atoms with Crippen molar-refractivity contribution in [2.24, 2.45) is 0 Å². The van der Waals surface area contributed by atoms with E-state index < -0.39 is 0 Å². The minimum absolute atomic E-state index is 0.115. The van der Waals surface area contributed by atoms with Crippen LogP contribution in [-0.2, 0) is 0 Å². The van der Waals surface area contributed by atoms with Crippen molar-refractivity contribution in [3.63, 3.8) is 0 Å². The average molecular weight is 327 g/mol. The molecule has 3 aromatic rings. The van der Waals surface area contributed by atoms with Crippen LogP contribution in [0, 0.1) is 13.8 Å². The van der Waals surface area contributed by atoms with Gasteiger partial charge in [-0.05, 0) is 55.8 Å². The number of carbonyl (C=O) groups is 1. The van der Waals surface area contributed by atoms with E-state index in [9.17, 15) is 9.59 Å². The van der Waals surface area contributed by atoms with Crippen molar-refractivity contribution in [1.29, 1.82) is 0 Å². The predicted molar refractivity (Wildman–Crippen MR) is 93.4 cm³/mol. The van der Waals surface area contributed by atoms with E-state index in [1.54, 1.807) is 37.3 Å². The first kappa shape index (κ1) is 15.3. The smallest absolute Gasteiger partial charge is 0.255 e. The highest BCUT2D eigenvalue weighted by atomic mass is 35.5. The number of anilines is 1. The molecule has 0 spiro atoms. The van der Waals surface area contributed by atoms with E-state index in [0.717, 1.165) is 10.9 Å². The number of nitrogens with one attached hydrogen (secondary N) is 2. The number of rotatable bonds is 2. The largest absolute Gasteiger partial charge is 0.322 e. The molecule has 3 rings (SSSR count). The Morgan fingerprint density at radius 3 is 2.43 bits per heavy atom. The molecule has 1 aromatic heterocycles. The third kappa shape index (κ3) is 2.98. The lowest BCUT2D eigenvalue weighted by molar-refractivity contribution is 0.102. The summed E-state index contributed by atoms with van der Waals surface area (Å²) in [5.41, 5.74) is 3.37. The fourth-order valence-corrected chi connectivity index (χ4v) is 2.57. The molecule has 0 aliphatic heterocycles. The number of pyridine rings is 1. The van der Waals surface area contributed by atoms with Gasteiger partial charge < -0.3 is 10.3 Å². The van der Waals surface area contributed by atoms with Crippen molar-refractivity contribution in [1.82, 2.24) is 4.98 Å². The number of carbonyl (C=O) groups excluding carboxylic acids is 1. The highest BCUT2D eigenvalue weighted by Crippen LogP contribution is 2.21. The second-order valence-electron chi connectivity index (χ2n) is 5.43. The van der Waals surface area contributed by atoms with E-state index in [-0.39, 0.29) is 11.5 Å². The van der Waals surface area contributed by atoms with Crippen LogP contribution in [0.4, 0.5) is 5.69 Å². The Labute approximate surface area is 138 Å². The van der Waals surface area contributed by atoms with Crippen LogP contribution in [0.15, 0.2) is 47.3 Å². The summed E-state index contributed by atoms with van der Waals surface area (Å²) < 4.78 is 0. The van der Waals surface area contributed by atoms with Crippen molar-refractivity contribution in [2.45, 2.75) is 13.8 Å². The lowest BCUT2D eigenvalue weighted by Gasteiger charge is -2.09. The molecule has 1 heterocycles. The maximum atomic E-state index is 12.2. The third-order valence-electron chi connectivity index (χ3n) is 3.94. The number of benzene rings is 2. The quantitative estimate of drug-likeness (QED) is 0.746. The second kappa shape index (κ2) is 5.89. The van der Waals surface area contributed by atoms with E-state index in [1.807, 2.05) is 19.1 Å². The average Bonchev–Trinajstić information content (AvgIpc) is 2.53. The van der Waals surface area contributed by atoms with Gasteiger partial charge in [0.2, 0.25) is 0 Å². The molecule has 0 saturated heterocycles. The Bertz CT molecular complexity index is 959. The molecule has 1 amide bonds. The fraction of sp³-hybridized carbons (Fsp3) is 0.111. The Morgan fingerprint density at radius 2 is 1.74 bits per heavy atom. The van der Waals surface area contributed by atoms with Gasteiger partial charge in [-0.3, -0.25) is 9.59 Å². The van der Waals surface area contributed by atoms with Crippen LogP contribution >= 0.6 is 11.6 Å². The van der Waals surface area contributed by atoms with Gasteiger partial charge in [0.25, 0.3) is 11.5 Å². The molecule has 2 N–H and O–H groups in total. The summed E-state index contributed by atoms with van der Waals surface area (Å²) in [6.45, 7) is 3.71. The standard InChI is InChI=1S/C18H15ClN2O2/c1-10-11(2)17(22)21-16-9-14(7-8-15(10)16)20-18(23)12-3-5-13(19)6-4-12/h3-9H,1-2H3,(H,20,23)(H,21,22). The number of aromatic nitrogens is 1. The summed E-state index contributed by atoms with van der Waals surface area (Å²) in [7, 11) is 0. The van der Waals surface area contributed by atoms with Crippen molar-refractivity contribution < 1.29 is 4.79 Å². The van der Waals surface area contributed by atoms with Crippen molar-refractivity contribution in [2.75, 3.05) is 5.32 Å². The van der Waals surface area contributed by atoms with Crippen LogP contribution in [0.5, 0.6) is 0 Å². The number of hydrogen-bond acceptors (Lipinski definition) is 2. The summed E-state index contributed by atoms with van der Waals surface area (Å²) in [6, 6.07) is 12.1. The van der Waals surface area contributed by atoms with E-state index in [4.69, 9.17) is 11.6 Å². The molecule has 0 atom stereocenters. The third-order valence-corrected chi connectivity index (χ3v) is 4.19. The highest BCUT2D eigenvalue weighted by molar-refractivity contribution is 6.30. The number of aryl methyl sites for hydroxylation is 1. The molecule has 5 heteroatoms. The zero-order valence-electron chi connectivity index (χ0n) is 12.7. The molecule has 0 saturated carbocycles. The van der Waals surface area contributed by atoms with Gasteiger partial charge in [-0.1, -0.05) is 17.7 Å². The Hall–Kier alpha value is -2.59. The van der Waals surface area contributed by atoms with Gasteiger partial charge in [0.15, 0.2) is 0 Å². The summed E-state index contributed by atoms with van der Waals surface area (Å²) in [6.07, 6.45) is 0. The van der Waals surface area contributed by atoms with Gasteiger partial charge in [0, 0.05) is 27.2 Å². The van der Waals surface area contributed by atoms with Gasteiger partial charge in [-0.2, -0.15) is 0 Å². The van der Waals surface area contributed by atoms with E-state index >= 15 is 0 Å². The molecule has 4 nitrogen and oxygen atoms in total. The van der Waals surface area contributed by atoms with Crippen LogP contribution in [-0.4, -0.2) is 10.9 Å². The number of amides is 1. The maximum absolute atomic E-state index is 12.2. The molecule has 2 aromatic carbocycles. The van der Waals surface area contributed by atoms with Crippen LogP contribution in [0.1, 0.15) is 21.5 Å². The summed E-state index contributed by atoms with van der Waals surface area (Å²) in [4.78, 5) is 26.9. The molecule has 0 aliphatic carbocycles. The molecule has 116 valence electrons. The van der Waals surface area contributed by atoms with E-state index in [2.05, 4.69) is 10.3 Å². The minimum Gasteiger partial charge on any atom is -0.322 e. The Kier molecular flexibility index (Phi) is 3.92. The lowest BCUT2D eigenvalue weighted by atomic mass is 10.1. The van der Waals surface area contributed by atoms with Crippen molar-refractivity contribution in [3.05, 3.63) is 74.5 Å². The molecular formula is C18H15ClN2O2. The SMILES string of the molecule is Cc1c(C)c2ccc(NC(=O)c3ccc(Cl)cc3)cc2[nH]c1=O. The first-order valence-electron chi connectivity index (χ1n) is 7.16. The van der Waals surface area contributed by atoms with E-state index in [0.29, 0.717) is 27.4 Å². The first-order chi connectivity index (χ1) is 11.0. The van der Waals surface area contributed by atoms with Crippen molar-refractivity contribution in [3.8, 4) is 0 Å². The predicted octanol–water partition coefficient (Wildman–Crippen LogP) is 4.05. The van der Waals surface area contributed by atoms with Gasteiger partial charge in [0.05, 0.1) is 5.52 Å². The van der Waals surface area contributed by atoms with Gasteiger partial charge in [-0.15, -0.1) is 0 Å². The number of fused-ring (bicyclic) bond motifs is 1. The molecule has 0 unspecified atom stereocenters. The summed E-state index contributed by atoms with van der Waals surface area (Å²) in [5.74, 6) is -0.229. The number of hydrogen-bond donors (Lipinski definition) is 2. The molecule has 0 bridgehead atoms. The first-order valence-corrected chi connectivity index (χ1v) is 7.53. The molecular weight excluding hydrogens is 312 g/mol. The van der Waals surface area contributed by atoms with Gasteiger partial charge in [0.1, 0.15) is 0 Å². The van der Waals surface area contributed by atoms with Gasteiger partial charge in [-0.25, -0.2) is 0 Å². The normalized spacial score (nSPS) is 10.7. The number of aromatic amines is 1. The van der Waals surface area contributed by atoms with Gasteiger partial charge >= 0.3 is 0 Å². The van der Waals surface area contributed by atoms with Crippen LogP contribution in [0.25, 0.3) is 10.9 Å². The second-order valence-corrected chi connectivity index (χ2v) is 5.86. The summed E-state index contributed by atoms with van der Waals surface area (Å²) >= 11 is 5.82. The molecule has 23 heavy (non-hydrogen) atoms. The molecule has 0 radical (unpaired) electrons. The van der Waals surface area contributed by atoms with Crippen LogP contribution in [0.3, 0.4) is 0 Å². The maximum Gasteiger partial charge on any atom is 0.255 e. The van der Waals surface area contributed by atoms with Crippen LogP contribution in [0.2, 0.25) is 5.02 Å². The summed E-state index contributed by atoms with van der Waals surface area (Å²) in [5, 5.41) is 4.36.